The van der Waals surface area contributed by atoms with Crippen LogP contribution in [0.3, 0.4) is 0 Å². The minimum atomic E-state index is -0.227. The standard InChI is InChI=1S/C15H18FN3OS/c16-11-4-6-12(7-5-11)21-9-14-18-15(20-19-14)13-3-1-2-10(13)8-17/h4-7,10,13H,1-3,8-9,17H2. The number of hydrogen-bond donors (Lipinski definition) is 1. The molecule has 6 heteroatoms. The molecule has 0 radical (unpaired) electrons. The number of rotatable bonds is 5. The Hall–Kier alpha value is -1.40. The van der Waals surface area contributed by atoms with Gasteiger partial charge in [0.2, 0.25) is 5.89 Å². The van der Waals surface area contributed by atoms with Gasteiger partial charge >= 0.3 is 0 Å². The van der Waals surface area contributed by atoms with E-state index in [4.69, 9.17) is 10.3 Å². The van der Waals surface area contributed by atoms with Gasteiger partial charge in [-0.05, 0) is 49.6 Å². The van der Waals surface area contributed by atoms with Crippen LogP contribution in [0.2, 0.25) is 0 Å². The van der Waals surface area contributed by atoms with Crippen LogP contribution in [-0.4, -0.2) is 16.7 Å². The maximum atomic E-state index is 12.8. The van der Waals surface area contributed by atoms with Gasteiger partial charge in [-0.15, -0.1) is 11.8 Å². The molecule has 4 nitrogen and oxygen atoms in total. The molecule has 0 amide bonds. The Kier molecular flexibility index (Phi) is 4.55. The summed E-state index contributed by atoms with van der Waals surface area (Å²) in [5.74, 6) is 2.57. The molecule has 1 fully saturated rings. The summed E-state index contributed by atoms with van der Waals surface area (Å²) < 4.78 is 18.2. The van der Waals surface area contributed by atoms with E-state index < -0.39 is 0 Å². The van der Waals surface area contributed by atoms with Crippen LogP contribution in [0.25, 0.3) is 0 Å². The first kappa shape index (κ1) is 14.5. The second-order valence-electron chi connectivity index (χ2n) is 5.32. The van der Waals surface area contributed by atoms with Crippen molar-refractivity contribution in [1.82, 2.24) is 10.1 Å². The Morgan fingerprint density at radius 3 is 2.86 bits per heavy atom. The van der Waals surface area contributed by atoms with E-state index in [9.17, 15) is 4.39 Å². The van der Waals surface area contributed by atoms with Gasteiger partial charge in [0.15, 0.2) is 5.82 Å². The third-order valence-electron chi connectivity index (χ3n) is 3.94. The van der Waals surface area contributed by atoms with E-state index in [1.807, 2.05) is 0 Å². The normalized spacial score (nSPS) is 21.8. The molecule has 112 valence electrons. The van der Waals surface area contributed by atoms with E-state index in [2.05, 4.69) is 10.1 Å². The first-order valence-electron chi connectivity index (χ1n) is 7.17. The smallest absolute Gasteiger partial charge is 0.230 e. The summed E-state index contributed by atoms with van der Waals surface area (Å²) >= 11 is 1.57. The van der Waals surface area contributed by atoms with Crippen molar-refractivity contribution in [3.05, 3.63) is 41.8 Å². The predicted molar refractivity (Wildman–Crippen MR) is 79.4 cm³/mol. The molecule has 1 aliphatic carbocycles. The van der Waals surface area contributed by atoms with Crippen molar-refractivity contribution in [2.45, 2.75) is 35.8 Å². The Morgan fingerprint density at radius 1 is 1.29 bits per heavy atom. The summed E-state index contributed by atoms with van der Waals surface area (Å²) in [6, 6.07) is 6.41. The van der Waals surface area contributed by atoms with Gasteiger partial charge in [-0.1, -0.05) is 11.6 Å². The van der Waals surface area contributed by atoms with Crippen molar-refractivity contribution in [1.29, 1.82) is 0 Å². The lowest BCUT2D eigenvalue weighted by Crippen LogP contribution is -2.17. The van der Waals surface area contributed by atoms with E-state index >= 15 is 0 Å². The molecule has 3 rings (SSSR count). The summed E-state index contributed by atoms with van der Waals surface area (Å²) in [6.45, 7) is 0.673. The molecule has 1 saturated carbocycles. The van der Waals surface area contributed by atoms with Crippen LogP contribution in [0.5, 0.6) is 0 Å². The minimum absolute atomic E-state index is 0.227. The van der Waals surface area contributed by atoms with Gasteiger partial charge in [0.05, 0.1) is 5.75 Å². The average molecular weight is 307 g/mol. The van der Waals surface area contributed by atoms with E-state index in [-0.39, 0.29) is 5.82 Å². The molecule has 21 heavy (non-hydrogen) atoms. The fourth-order valence-electron chi connectivity index (χ4n) is 2.80. The number of thioether (sulfide) groups is 1. The molecule has 0 bridgehead atoms. The first-order chi connectivity index (χ1) is 10.3. The number of aromatic nitrogens is 2. The fraction of sp³-hybridized carbons (Fsp3) is 0.467. The van der Waals surface area contributed by atoms with Crippen LogP contribution in [0.1, 0.15) is 36.9 Å². The molecule has 0 saturated heterocycles. The molecule has 2 atom stereocenters. The summed E-state index contributed by atoms with van der Waals surface area (Å²) in [6.07, 6.45) is 3.40. The highest BCUT2D eigenvalue weighted by atomic mass is 32.2. The maximum Gasteiger partial charge on any atom is 0.230 e. The fourth-order valence-corrected chi connectivity index (χ4v) is 3.54. The molecule has 1 aromatic carbocycles. The second kappa shape index (κ2) is 6.58. The number of hydrogen-bond acceptors (Lipinski definition) is 5. The second-order valence-corrected chi connectivity index (χ2v) is 6.37. The minimum Gasteiger partial charge on any atom is -0.339 e. The van der Waals surface area contributed by atoms with Gasteiger partial charge in [-0.2, -0.15) is 4.98 Å². The van der Waals surface area contributed by atoms with Crippen molar-refractivity contribution in [2.24, 2.45) is 11.7 Å². The van der Waals surface area contributed by atoms with Crippen LogP contribution in [0, 0.1) is 11.7 Å². The van der Waals surface area contributed by atoms with Gasteiger partial charge in [-0.25, -0.2) is 4.39 Å². The highest BCUT2D eigenvalue weighted by Gasteiger charge is 2.31. The topological polar surface area (TPSA) is 64.9 Å². The number of halogens is 1. The molecule has 1 aliphatic rings. The maximum absolute atomic E-state index is 12.8. The van der Waals surface area contributed by atoms with Crippen LogP contribution >= 0.6 is 11.8 Å². The molecular weight excluding hydrogens is 289 g/mol. The van der Waals surface area contributed by atoms with Crippen molar-refractivity contribution < 1.29 is 8.91 Å². The Morgan fingerprint density at radius 2 is 2.10 bits per heavy atom. The van der Waals surface area contributed by atoms with Gasteiger partial charge in [-0.3, -0.25) is 0 Å². The van der Waals surface area contributed by atoms with Crippen LogP contribution in [0.4, 0.5) is 4.39 Å². The summed E-state index contributed by atoms with van der Waals surface area (Å²) in [7, 11) is 0. The molecule has 2 aromatic rings. The third-order valence-corrected chi connectivity index (χ3v) is 4.95. The molecule has 0 spiro atoms. The van der Waals surface area contributed by atoms with E-state index in [0.29, 0.717) is 30.0 Å². The van der Waals surface area contributed by atoms with Crippen LogP contribution in [-0.2, 0) is 5.75 Å². The van der Waals surface area contributed by atoms with Gasteiger partial charge in [0.1, 0.15) is 5.82 Å². The van der Waals surface area contributed by atoms with Crippen LogP contribution in [0.15, 0.2) is 33.7 Å². The predicted octanol–water partition coefficient (Wildman–Crippen LogP) is 3.34. The molecule has 1 heterocycles. The number of nitrogens with zero attached hydrogens (tertiary/aromatic N) is 2. The molecule has 2 unspecified atom stereocenters. The van der Waals surface area contributed by atoms with Crippen molar-refractivity contribution in [3.63, 3.8) is 0 Å². The lowest BCUT2D eigenvalue weighted by Gasteiger charge is -2.12. The summed E-state index contributed by atoms with van der Waals surface area (Å²) in [4.78, 5) is 5.48. The zero-order valence-electron chi connectivity index (χ0n) is 11.7. The number of nitrogens with two attached hydrogens (primary N) is 1. The quantitative estimate of drug-likeness (QED) is 0.858. The zero-order valence-corrected chi connectivity index (χ0v) is 12.5. The first-order valence-corrected chi connectivity index (χ1v) is 8.15. The largest absolute Gasteiger partial charge is 0.339 e. The lowest BCUT2D eigenvalue weighted by atomic mass is 9.96. The van der Waals surface area contributed by atoms with Gasteiger partial charge < -0.3 is 10.3 Å². The highest BCUT2D eigenvalue weighted by molar-refractivity contribution is 7.98. The number of benzene rings is 1. The highest BCUT2D eigenvalue weighted by Crippen LogP contribution is 2.38. The van der Waals surface area contributed by atoms with Gasteiger partial charge in [0.25, 0.3) is 0 Å². The third kappa shape index (κ3) is 3.44. The SMILES string of the molecule is NCC1CCCC1c1nc(CSc2ccc(F)cc2)no1. The molecule has 2 N–H and O–H groups in total. The van der Waals surface area contributed by atoms with Gasteiger partial charge in [0, 0.05) is 10.8 Å². The van der Waals surface area contributed by atoms with Crippen molar-refractivity contribution in [2.75, 3.05) is 6.54 Å². The van der Waals surface area contributed by atoms with E-state index in [1.54, 1.807) is 23.9 Å². The molecule has 1 aromatic heterocycles. The monoisotopic (exact) mass is 307 g/mol. The zero-order chi connectivity index (χ0) is 14.7. The summed E-state index contributed by atoms with van der Waals surface area (Å²) in [5.41, 5.74) is 5.79. The van der Waals surface area contributed by atoms with E-state index in [1.165, 1.54) is 18.6 Å². The Bertz CT molecular complexity index is 587. The lowest BCUT2D eigenvalue weighted by molar-refractivity contribution is 0.324. The average Bonchev–Trinajstić information content (AvgIpc) is 3.15. The molecule has 0 aliphatic heterocycles. The Balaban J connectivity index is 1.61. The summed E-state index contributed by atoms with van der Waals surface area (Å²) in [5, 5.41) is 4.04. The Labute approximate surface area is 127 Å². The molecular formula is C15H18FN3OS. The van der Waals surface area contributed by atoms with Crippen LogP contribution < -0.4 is 5.73 Å². The van der Waals surface area contributed by atoms with Crippen molar-refractivity contribution in [3.8, 4) is 0 Å². The van der Waals surface area contributed by atoms with Crippen molar-refractivity contribution >= 4 is 11.8 Å². The van der Waals surface area contributed by atoms with E-state index in [0.717, 1.165) is 23.6 Å².